The maximum Gasteiger partial charge on any atom is 0.414 e. The van der Waals surface area contributed by atoms with Gasteiger partial charge in [0.05, 0.1) is 18.5 Å². The van der Waals surface area contributed by atoms with Gasteiger partial charge < -0.3 is 14.6 Å². The minimum atomic E-state index is -1.03. The number of hydrogen-bond acceptors (Lipinski definition) is 5. The van der Waals surface area contributed by atoms with Crippen LogP contribution < -0.4 is 4.90 Å². The van der Waals surface area contributed by atoms with E-state index in [1.807, 2.05) is 6.07 Å². The number of carboxylic acid groups (broad SMARTS) is 1. The number of hydrogen-bond donors (Lipinski definition) is 1. The molecule has 2 rings (SSSR count). The van der Waals surface area contributed by atoms with Gasteiger partial charge in [-0.1, -0.05) is 30.3 Å². The molecule has 1 N–H and O–H groups in total. The standard InChI is InChI=1S/C22H25NO6/c1-22(2,3)29-21(27)23(18-7-5-4-6-8-18)13-14-28-19(24)15-16-9-11-17(12-10-16)20(25)26/h4-12H,13-15H2,1-3H3,(H,25,26). The van der Waals surface area contributed by atoms with E-state index < -0.39 is 23.6 Å². The van der Waals surface area contributed by atoms with Crippen LogP contribution in [0.4, 0.5) is 10.5 Å². The van der Waals surface area contributed by atoms with E-state index in [4.69, 9.17) is 14.6 Å². The molecule has 0 unspecified atom stereocenters. The molecule has 154 valence electrons. The fraction of sp³-hybridized carbons (Fsp3) is 0.318. The fourth-order valence-corrected chi connectivity index (χ4v) is 2.48. The molecule has 0 fully saturated rings. The summed E-state index contributed by atoms with van der Waals surface area (Å²) >= 11 is 0. The number of anilines is 1. The number of aromatic carboxylic acids is 1. The average Bonchev–Trinajstić information content (AvgIpc) is 2.65. The van der Waals surface area contributed by atoms with Gasteiger partial charge in [0.25, 0.3) is 0 Å². The van der Waals surface area contributed by atoms with Crippen molar-refractivity contribution in [1.29, 1.82) is 0 Å². The Morgan fingerprint density at radius 3 is 2.14 bits per heavy atom. The predicted molar refractivity (Wildman–Crippen MR) is 108 cm³/mol. The first-order chi connectivity index (χ1) is 13.7. The highest BCUT2D eigenvalue weighted by Crippen LogP contribution is 2.18. The molecule has 2 aromatic carbocycles. The molecule has 0 bridgehead atoms. The smallest absolute Gasteiger partial charge is 0.414 e. The lowest BCUT2D eigenvalue weighted by molar-refractivity contribution is -0.142. The molecule has 7 heteroatoms. The highest BCUT2D eigenvalue weighted by Gasteiger charge is 2.23. The Morgan fingerprint density at radius 2 is 1.59 bits per heavy atom. The fourth-order valence-electron chi connectivity index (χ4n) is 2.48. The Morgan fingerprint density at radius 1 is 0.966 bits per heavy atom. The number of carbonyl (C=O) groups is 3. The van der Waals surface area contributed by atoms with Crippen LogP contribution in [0.5, 0.6) is 0 Å². The van der Waals surface area contributed by atoms with Crippen molar-refractivity contribution in [3.05, 3.63) is 65.7 Å². The molecule has 0 spiro atoms. The first-order valence-electron chi connectivity index (χ1n) is 9.19. The van der Waals surface area contributed by atoms with Crippen LogP contribution in [-0.2, 0) is 20.7 Å². The van der Waals surface area contributed by atoms with E-state index >= 15 is 0 Å². The number of ether oxygens (including phenoxy) is 2. The van der Waals surface area contributed by atoms with Gasteiger partial charge in [0.2, 0.25) is 0 Å². The van der Waals surface area contributed by atoms with E-state index in [1.165, 1.54) is 17.0 Å². The van der Waals surface area contributed by atoms with Gasteiger partial charge in [-0.15, -0.1) is 0 Å². The Hall–Kier alpha value is -3.35. The van der Waals surface area contributed by atoms with Crippen LogP contribution in [0.3, 0.4) is 0 Å². The summed E-state index contributed by atoms with van der Waals surface area (Å²) in [6.45, 7) is 5.49. The monoisotopic (exact) mass is 399 g/mol. The van der Waals surface area contributed by atoms with Crippen molar-refractivity contribution >= 4 is 23.7 Å². The largest absolute Gasteiger partial charge is 0.478 e. The number of rotatable bonds is 7. The van der Waals surface area contributed by atoms with E-state index in [-0.39, 0.29) is 25.1 Å². The van der Waals surface area contributed by atoms with Crippen molar-refractivity contribution in [3.8, 4) is 0 Å². The second-order valence-corrected chi connectivity index (χ2v) is 7.37. The van der Waals surface area contributed by atoms with Crippen molar-refractivity contribution < 1.29 is 29.0 Å². The summed E-state index contributed by atoms with van der Waals surface area (Å²) in [4.78, 5) is 36.9. The predicted octanol–water partition coefficient (Wildman–Crippen LogP) is 3.91. The van der Waals surface area contributed by atoms with Gasteiger partial charge in [-0.05, 0) is 50.6 Å². The number of carboxylic acids is 1. The van der Waals surface area contributed by atoms with Gasteiger partial charge in [0.15, 0.2) is 0 Å². The number of para-hydroxylation sites is 1. The number of esters is 1. The van der Waals surface area contributed by atoms with E-state index in [1.54, 1.807) is 57.2 Å². The summed E-state index contributed by atoms with van der Waals surface area (Å²) in [5.74, 6) is -1.49. The minimum absolute atomic E-state index is 0.000179. The summed E-state index contributed by atoms with van der Waals surface area (Å²) in [5.41, 5.74) is 0.787. The Balaban J connectivity index is 1.93. The summed E-state index contributed by atoms with van der Waals surface area (Å²) < 4.78 is 10.7. The lowest BCUT2D eigenvalue weighted by atomic mass is 10.1. The molecule has 0 heterocycles. The summed E-state index contributed by atoms with van der Waals surface area (Å²) in [7, 11) is 0. The molecule has 0 aliphatic carbocycles. The van der Waals surface area contributed by atoms with Crippen LogP contribution in [0, 0.1) is 0 Å². The molecule has 0 aromatic heterocycles. The van der Waals surface area contributed by atoms with Crippen LogP contribution >= 0.6 is 0 Å². The van der Waals surface area contributed by atoms with Crippen LogP contribution in [0.15, 0.2) is 54.6 Å². The maximum atomic E-state index is 12.5. The van der Waals surface area contributed by atoms with Crippen molar-refractivity contribution in [2.45, 2.75) is 32.8 Å². The van der Waals surface area contributed by atoms with Gasteiger partial charge in [0.1, 0.15) is 12.2 Å². The van der Waals surface area contributed by atoms with E-state index in [0.717, 1.165) is 0 Å². The quantitative estimate of drug-likeness (QED) is 0.710. The van der Waals surface area contributed by atoms with Crippen molar-refractivity contribution in [2.24, 2.45) is 0 Å². The Labute approximate surface area is 169 Å². The molecule has 0 aliphatic rings. The third-order valence-electron chi connectivity index (χ3n) is 3.81. The Kier molecular flexibility index (Phi) is 7.36. The normalized spacial score (nSPS) is 10.9. The first kappa shape index (κ1) is 21.9. The van der Waals surface area contributed by atoms with E-state index in [9.17, 15) is 14.4 Å². The summed E-state index contributed by atoms with van der Waals surface area (Å²) in [6, 6.07) is 15.0. The highest BCUT2D eigenvalue weighted by atomic mass is 16.6. The zero-order chi connectivity index (χ0) is 21.4. The molecular weight excluding hydrogens is 374 g/mol. The molecule has 0 radical (unpaired) electrons. The average molecular weight is 399 g/mol. The molecule has 0 aliphatic heterocycles. The van der Waals surface area contributed by atoms with Gasteiger partial charge in [0, 0.05) is 5.69 Å². The zero-order valence-electron chi connectivity index (χ0n) is 16.8. The van der Waals surface area contributed by atoms with Gasteiger partial charge in [-0.25, -0.2) is 9.59 Å². The molecule has 0 saturated heterocycles. The Bertz CT molecular complexity index is 840. The summed E-state index contributed by atoms with van der Waals surface area (Å²) in [5, 5.41) is 8.90. The SMILES string of the molecule is CC(C)(C)OC(=O)N(CCOC(=O)Cc1ccc(C(=O)O)cc1)c1ccccc1. The van der Waals surface area contributed by atoms with Crippen molar-refractivity contribution in [3.63, 3.8) is 0 Å². The molecule has 0 atom stereocenters. The minimum Gasteiger partial charge on any atom is -0.478 e. The van der Waals surface area contributed by atoms with Crippen LogP contribution in [-0.4, -0.2) is 41.9 Å². The number of carbonyl (C=O) groups excluding carboxylic acids is 2. The van der Waals surface area contributed by atoms with Gasteiger partial charge in [-0.2, -0.15) is 0 Å². The second-order valence-electron chi connectivity index (χ2n) is 7.37. The molecule has 7 nitrogen and oxygen atoms in total. The lowest BCUT2D eigenvalue weighted by Crippen LogP contribution is -2.39. The molecular formula is C22H25NO6. The third kappa shape index (κ3) is 7.29. The van der Waals surface area contributed by atoms with Crippen LogP contribution in [0.2, 0.25) is 0 Å². The first-order valence-corrected chi connectivity index (χ1v) is 9.19. The number of amides is 1. The molecule has 1 amide bonds. The topological polar surface area (TPSA) is 93.1 Å². The summed E-state index contributed by atoms with van der Waals surface area (Å²) in [6.07, 6.45) is -0.512. The maximum absolute atomic E-state index is 12.5. The molecule has 0 saturated carbocycles. The molecule has 29 heavy (non-hydrogen) atoms. The van der Waals surface area contributed by atoms with Crippen molar-refractivity contribution in [2.75, 3.05) is 18.1 Å². The van der Waals surface area contributed by atoms with Crippen LogP contribution in [0.25, 0.3) is 0 Å². The zero-order valence-corrected chi connectivity index (χ0v) is 16.8. The van der Waals surface area contributed by atoms with E-state index in [2.05, 4.69) is 0 Å². The van der Waals surface area contributed by atoms with Gasteiger partial charge in [-0.3, -0.25) is 9.69 Å². The third-order valence-corrected chi connectivity index (χ3v) is 3.81. The highest BCUT2D eigenvalue weighted by molar-refractivity contribution is 5.88. The molecule has 2 aromatic rings. The van der Waals surface area contributed by atoms with Crippen LogP contribution in [0.1, 0.15) is 36.7 Å². The second kappa shape index (κ2) is 9.73. The number of nitrogens with zero attached hydrogens (tertiary/aromatic N) is 1. The number of benzene rings is 2. The van der Waals surface area contributed by atoms with E-state index in [0.29, 0.717) is 11.3 Å². The lowest BCUT2D eigenvalue weighted by Gasteiger charge is -2.27. The van der Waals surface area contributed by atoms with Gasteiger partial charge >= 0.3 is 18.0 Å². The van der Waals surface area contributed by atoms with Crippen molar-refractivity contribution in [1.82, 2.24) is 0 Å².